The topological polar surface area (TPSA) is 38.0 Å². The van der Waals surface area contributed by atoms with Crippen LogP contribution in [0, 0.1) is 0 Å². The van der Waals surface area contributed by atoms with Crippen molar-refractivity contribution in [3.8, 4) is 0 Å². The molecule has 2 rings (SSSR count). The van der Waals surface area contributed by atoms with Crippen molar-refractivity contribution in [3.05, 3.63) is 50.2 Å². The Balaban J connectivity index is 2.30. The first-order valence-electron chi connectivity index (χ1n) is 5.29. The van der Waals surface area contributed by atoms with E-state index in [1.165, 1.54) is 0 Å². The normalized spacial score (nSPS) is 12.7. The summed E-state index contributed by atoms with van der Waals surface area (Å²) < 4.78 is 2.39. The van der Waals surface area contributed by atoms with E-state index in [1.807, 2.05) is 0 Å². The van der Waals surface area contributed by atoms with E-state index in [0.717, 1.165) is 10.0 Å². The largest absolute Gasteiger partial charge is 0.386 e. The maximum atomic E-state index is 10.3. The molecule has 0 bridgehead atoms. The number of aryl methyl sites for hydroxylation is 1. The van der Waals surface area contributed by atoms with Crippen LogP contribution in [0.15, 0.2) is 28.9 Å². The van der Waals surface area contributed by atoms with Crippen LogP contribution < -0.4 is 0 Å². The van der Waals surface area contributed by atoms with Crippen LogP contribution >= 0.6 is 39.1 Å². The minimum Gasteiger partial charge on any atom is -0.386 e. The summed E-state index contributed by atoms with van der Waals surface area (Å²) in [5.41, 5.74) is 1.44. The maximum Gasteiger partial charge on any atom is 0.101 e. The standard InChI is InChI=1S/C12H11BrCl2N2O/c1-17-12(8(13)6-16-17)11(18)5-7-9(14)3-2-4-10(7)15/h2-4,6,11,18H,5H2,1H3. The molecule has 0 amide bonds. The highest BCUT2D eigenvalue weighted by molar-refractivity contribution is 9.10. The fourth-order valence-corrected chi connectivity index (χ4v) is 2.98. The second-order valence-electron chi connectivity index (χ2n) is 3.92. The van der Waals surface area contributed by atoms with E-state index in [9.17, 15) is 5.11 Å². The van der Waals surface area contributed by atoms with E-state index >= 15 is 0 Å². The van der Waals surface area contributed by atoms with Gasteiger partial charge in [-0.3, -0.25) is 4.68 Å². The molecule has 96 valence electrons. The molecule has 0 fully saturated rings. The predicted octanol–water partition coefficient (Wildman–Crippen LogP) is 3.77. The van der Waals surface area contributed by atoms with Crippen molar-refractivity contribution in [2.75, 3.05) is 0 Å². The van der Waals surface area contributed by atoms with Crippen LogP contribution in [0.2, 0.25) is 10.0 Å². The number of benzene rings is 1. The molecular formula is C12H11BrCl2N2O. The Hall–Kier alpha value is -0.550. The Bertz CT molecular complexity index is 531. The molecule has 3 nitrogen and oxygen atoms in total. The van der Waals surface area contributed by atoms with E-state index in [-0.39, 0.29) is 0 Å². The average Bonchev–Trinajstić information content (AvgIpc) is 2.64. The highest BCUT2D eigenvalue weighted by atomic mass is 79.9. The highest BCUT2D eigenvalue weighted by Crippen LogP contribution is 2.31. The third kappa shape index (κ3) is 2.72. The van der Waals surface area contributed by atoms with Crippen molar-refractivity contribution < 1.29 is 5.11 Å². The summed E-state index contributed by atoms with van der Waals surface area (Å²) in [6.07, 6.45) is 1.27. The first-order valence-corrected chi connectivity index (χ1v) is 6.84. The van der Waals surface area contributed by atoms with Crippen molar-refractivity contribution in [1.29, 1.82) is 0 Å². The molecule has 0 aliphatic heterocycles. The van der Waals surface area contributed by atoms with E-state index in [4.69, 9.17) is 23.2 Å². The van der Waals surface area contributed by atoms with E-state index in [2.05, 4.69) is 21.0 Å². The molecule has 6 heteroatoms. The molecule has 1 N–H and O–H groups in total. The van der Waals surface area contributed by atoms with E-state index in [1.54, 1.807) is 36.1 Å². The number of hydrogen-bond acceptors (Lipinski definition) is 2. The molecule has 1 heterocycles. The number of halogens is 3. The number of rotatable bonds is 3. The molecule has 0 saturated carbocycles. The van der Waals surface area contributed by atoms with Crippen LogP contribution in [0.4, 0.5) is 0 Å². The molecular weight excluding hydrogens is 339 g/mol. The molecule has 0 saturated heterocycles. The zero-order chi connectivity index (χ0) is 13.3. The van der Waals surface area contributed by atoms with Gasteiger partial charge in [0.1, 0.15) is 6.10 Å². The van der Waals surface area contributed by atoms with Gasteiger partial charge in [0.15, 0.2) is 0 Å². The van der Waals surface area contributed by atoms with Crippen molar-refractivity contribution in [2.45, 2.75) is 12.5 Å². The summed E-state index contributed by atoms with van der Waals surface area (Å²) in [4.78, 5) is 0. The second-order valence-corrected chi connectivity index (χ2v) is 5.59. The smallest absolute Gasteiger partial charge is 0.101 e. The first-order chi connectivity index (χ1) is 8.50. The highest BCUT2D eigenvalue weighted by Gasteiger charge is 2.19. The predicted molar refractivity (Wildman–Crippen MR) is 76.0 cm³/mol. The second kappa shape index (κ2) is 5.61. The number of aliphatic hydroxyl groups excluding tert-OH is 1. The molecule has 0 aliphatic carbocycles. The van der Waals surface area contributed by atoms with Crippen LogP contribution in [0.1, 0.15) is 17.4 Å². The minimum absolute atomic E-state index is 0.344. The summed E-state index contributed by atoms with van der Waals surface area (Å²) in [6.45, 7) is 0. The Kier molecular flexibility index (Phi) is 4.33. The lowest BCUT2D eigenvalue weighted by molar-refractivity contribution is 0.168. The zero-order valence-corrected chi connectivity index (χ0v) is 12.7. The molecule has 0 spiro atoms. The van der Waals surface area contributed by atoms with Crippen molar-refractivity contribution in [2.24, 2.45) is 7.05 Å². The molecule has 0 aliphatic rings. The van der Waals surface area contributed by atoms with E-state index < -0.39 is 6.10 Å². The molecule has 1 atom stereocenters. The van der Waals surface area contributed by atoms with Crippen LogP contribution in [0.3, 0.4) is 0 Å². The Morgan fingerprint density at radius 3 is 2.50 bits per heavy atom. The number of aliphatic hydroxyl groups is 1. The van der Waals surface area contributed by atoms with Crippen molar-refractivity contribution >= 4 is 39.1 Å². The van der Waals surface area contributed by atoms with Gasteiger partial charge in [0, 0.05) is 23.5 Å². The van der Waals surface area contributed by atoms with Gasteiger partial charge in [-0.15, -0.1) is 0 Å². The van der Waals surface area contributed by atoms with Gasteiger partial charge in [-0.05, 0) is 33.6 Å². The monoisotopic (exact) mass is 348 g/mol. The fourth-order valence-electron chi connectivity index (χ4n) is 1.81. The quantitative estimate of drug-likeness (QED) is 0.915. The first kappa shape index (κ1) is 13.9. The summed E-state index contributed by atoms with van der Waals surface area (Å²) in [7, 11) is 1.78. The van der Waals surface area contributed by atoms with Gasteiger partial charge in [0.05, 0.1) is 16.4 Å². The summed E-state index contributed by atoms with van der Waals surface area (Å²) in [6, 6.07) is 5.29. The maximum absolute atomic E-state index is 10.3. The minimum atomic E-state index is -0.718. The molecule has 2 aromatic rings. The lowest BCUT2D eigenvalue weighted by atomic mass is 10.1. The molecule has 1 aromatic carbocycles. The van der Waals surface area contributed by atoms with Gasteiger partial charge in [0.25, 0.3) is 0 Å². The lowest BCUT2D eigenvalue weighted by Gasteiger charge is -2.14. The summed E-state index contributed by atoms with van der Waals surface area (Å²) >= 11 is 15.5. The van der Waals surface area contributed by atoms with Gasteiger partial charge in [-0.2, -0.15) is 5.10 Å². The van der Waals surface area contributed by atoms with Crippen LogP contribution in [0.25, 0.3) is 0 Å². The molecule has 18 heavy (non-hydrogen) atoms. The summed E-state index contributed by atoms with van der Waals surface area (Å²) in [5.74, 6) is 0. The van der Waals surface area contributed by atoms with Gasteiger partial charge in [-0.1, -0.05) is 29.3 Å². The SMILES string of the molecule is Cn1ncc(Br)c1C(O)Cc1c(Cl)cccc1Cl. The summed E-state index contributed by atoms with van der Waals surface area (Å²) in [5, 5.41) is 15.4. The van der Waals surface area contributed by atoms with Gasteiger partial charge in [0.2, 0.25) is 0 Å². The van der Waals surface area contributed by atoms with Gasteiger partial charge in [-0.25, -0.2) is 0 Å². The number of hydrogen-bond donors (Lipinski definition) is 1. The Labute approximate surface area is 123 Å². The lowest BCUT2D eigenvalue weighted by Crippen LogP contribution is -2.09. The zero-order valence-electron chi connectivity index (χ0n) is 9.57. The third-order valence-corrected chi connectivity index (χ3v) is 4.03. The molecule has 0 radical (unpaired) electrons. The van der Waals surface area contributed by atoms with Crippen molar-refractivity contribution in [1.82, 2.24) is 9.78 Å². The molecule has 1 unspecified atom stereocenters. The van der Waals surface area contributed by atoms with Gasteiger partial charge < -0.3 is 5.11 Å². The van der Waals surface area contributed by atoms with Crippen molar-refractivity contribution in [3.63, 3.8) is 0 Å². The third-order valence-electron chi connectivity index (χ3n) is 2.71. The number of nitrogens with zero attached hydrogens (tertiary/aromatic N) is 2. The fraction of sp³-hybridized carbons (Fsp3) is 0.250. The van der Waals surface area contributed by atoms with Gasteiger partial charge >= 0.3 is 0 Å². The Morgan fingerprint density at radius 2 is 2.00 bits per heavy atom. The van der Waals surface area contributed by atoms with Crippen LogP contribution in [-0.4, -0.2) is 14.9 Å². The van der Waals surface area contributed by atoms with E-state index in [0.29, 0.717) is 22.2 Å². The van der Waals surface area contributed by atoms with Crippen LogP contribution in [0.5, 0.6) is 0 Å². The average molecular weight is 350 g/mol. The number of aromatic nitrogens is 2. The Morgan fingerprint density at radius 1 is 1.39 bits per heavy atom. The molecule has 1 aromatic heterocycles. The van der Waals surface area contributed by atoms with Crippen LogP contribution in [-0.2, 0) is 13.5 Å².